The maximum Gasteiger partial charge on any atom is 0.321 e. The van der Waals surface area contributed by atoms with Crippen LogP contribution in [0.1, 0.15) is 22.3 Å². The van der Waals surface area contributed by atoms with Crippen LogP contribution in [0.25, 0.3) is 0 Å². The van der Waals surface area contributed by atoms with Gasteiger partial charge in [-0.05, 0) is 36.2 Å². The van der Waals surface area contributed by atoms with Gasteiger partial charge in [-0.25, -0.2) is 9.18 Å². The average molecular weight is 371 g/mol. The summed E-state index contributed by atoms with van der Waals surface area (Å²) >= 11 is 0. The molecule has 7 nitrogen and oxygen atoms in total. The first-order chi connectivity index (χ1) is 13.0. The van der Waals surface area contributed by atoms with Gasteiger partial charge in [0.15, 0.2) is 0 Å². The van der Waals surface area contributed by atoms with Gasteiger partial charge in [0.1, 0.15) is 5.82 Å². The Balaban J connectivity index is 1.58. The zero-order chi connectivity index (χ0) is 19.2. The summed E-state index contributed by atoms with van der Waals surface area (Å²) in [5.41, 5.74) is 6.38. The maximum atomic E-state index is 13.6. The van der Waals surface area contributed by atoms with Crippen molar-refractivity contribution in [3.63, 3.8) is 0 Å². The van der Waals surface area contributed by atoms with Gasteiger partial charge in [-0.1, -0.05) is 6.07 Å². The SMILES string of the molecule is NC(=O)c1cc(NC(=O)N2CCCN(Cc3cccnc3)CC2)ccc1F. The molecule has 0 atom stereocenters. The van der Waals surface area contributed by atoms with Gasteiger partial charge in [-0.2, -0.15) is 0 Å². The number of aromatic nitrogens is 1. The number of nitrogens with zero attached hydrogens (tertiary/aromatic N) is 3. The Bertz CT molecular complexity index is 815. The number of hydrogen-bond acceptors (Lipinski definition) is 4. The third kappa shape index (κ3) is 5.01. The summed E-state index contributed by atoms with van der Waals surface area (Å²) in [7, 11) is 0. The van der Waals surface area contributed by atoms with Crippen molar-refractivity contribution in [1.82, 2.24) is 14.8 Å². The van der Waals surface area contributed by atoms with Crippen LogP contribution in [0, 0.1) is 5.82 Å². The van der Waals surface area contributed by atoms with Crippen LogP contribution in [0.5, 0.6) is 0 Å². The number of primary amides is 1. The minimum Gasteiger partial charge on any atom is -0.366 e. The van der Waals surface area contributed by atoms with Crippen LogP contribution in [0.4, 0.5) is 14.9 Å². The van der Waals surface area contributed by atoms with Gasteiger partial charge in [0, 0.05) is 50.8 Å². The van der Waals surface area contributed by atoms with E-state index in [1.54, 1.807) is 11.1 Å². The molecule has 3 amide bonds. The van der Waals surface area contributed by atoms with Crippen molar-refractivity contribution in [1.29, 1.82) is 0 Å². The van der Waals surface area contributed by atoms with Crippen molar-refractivity contribution in [3.8, 4) is 0 Å². The lowest BCUT2D eigenvalue weighted by atomic mass is 10.2. The second kappa shape index (κ2) is 8.59. The van der Waals surface area contributed by atoms with Gasteiger partial charge in [0.2, 0.25) is 0 Å². The molecule has 3 rings (SSSR count). The molecule has 1 saturated heterocycles. The fraction of sp³-hybridized carbons (Fsp3) is 0.316. The van der Waals surface area contributed by atoms with E-state index in [-0.39, 0.29) is 11.6 Å². The van der Waals surface area contributed by atoms with E-state index in [0.29, 0.717) is 18.8 Å². The molecule has 27 heavy (non-hydrogen) atoms. The van der Waals surface area contributed by atoms with Gasteiger partial charge < -0.3 is 16.0 Å². The molecule has 1 aliphatic rings. The summed E-state index contributed by atoms with van der Waals surface area (Å²) < 4.78 is 13.6. The molecule has 0 saturated carbocycles. The van der Waals surface area contributed by atoms with Gasteiger partial charge in [-0.3, -0.25) is 14.7 Å². The minimum absolute atomic E-state index is 0.244. The van der Waals surface area contributed by atoms with Gasteiger partial charge in [-0.15, -0.1) is 0 Å². The molecule has 1 aliphatic heterocycles. The molecule has 0 unspecified atom stereocenters. The second-order valence-electron chi connectivity index (χ2n) is 6.47. The number of benzene rings is 1. The molecule has 1 fully saturated rings. The van der Waals surface area contributed by atoms with Crippen LogP contribution in [0.15, 0.2) is 42.7 Å². The summed E-state index contributed by atoms with van der Waals surface area (Å²) in [5.74, 6) is -1.58. The van der Waals surface area contributed by atoms with Crippen LogP contribution >= 0.6 is 0 Å². The molecule has 1 aromatic carbocycles. The van der Waals surface area contributed by atoms with Crippen molar-refractivity contribution in [2.45, 2.75) is 13.0 Å². The number of halogens is 1. The molecule has 0 spiro atoms. The Labute approximate surface area is 157 Å². The monoisotopic (exact) mass is 371 g/mol. The van der Waals surface area contributed by atoms with Crippen molar-refractivity contribution < 1.29 is 14.0 Å². The Morgan fingerprint density at radius 1 is 1.19 bits per heavy atom. The van der Waals surface area contributed by atoms with Crippen LogP contribution in [0.3, 0.4) is 0 Å². The fourth-order valence-corrected chi connectivity index (χ4v) is 3.08. The first-order valence-corrected chi connectivity index (χ1v) is 8.79. The maximum absolute atomic E-state index is 13.6. The van der Waals surface area contributed by atoms with E-state index in [1.807, 2.05) is 18.3 Å². The lowest BCUT2D eigenvalue weighted by Gasteiger charge is -2.22. The molecule has 8 heteroatoms. The smallest absolute Gasteiger partial charge is 0.321 e. The van der Waals surface area contributed by atoms with Crippen molar-refractivity contribution >= 4 is 17.6 Å². The van der Waals surface area contributed by atoms with Crippen molar-refractivity contribution in [2.75, 3.05) is 31.5 Å². The zero-order valence-electron chi connectivity index (χ0n) is 14.9. The van der Waals surface area contributed by atoms with Crippen molar-refractivity contribution in [2.24, 2.45) is 5.73 Å². The first-order valence-electron chi connectivity index (χ1n) is 8.79. The average Bonchev–Trinajstić information content (AvgIpc) is 2.89. The van der Waals surface area contributed by atoms with E-state index in [9.17, 15) is 14.0 Å². The van der Waals surface area contributed by atoms with E-state index >= 15 is 0 Å². The highest BCUT2D eigenvalue weighted by Crippen LogP contribution is 2.16. The van der Waals surface area contributed by atoms with E-state index < -0.39 is 11.7 Å². The highest BCUT2D eigenvalue weighted by molar-refractivity contribution is 5.96. The standard InChI is InChI=1S/C19H22FN5O2/c20-17-5-4-15(11-16(17)18(21)26)23-19(27)25-8-2-7-24(9-10-25)13-14-3-1-6-22-12-14/h1,3-6,11-12H,2,7-10,13H2,(H2,21,26)(H,23,27). The number of nitrogens with one attached hydrogen (secondary N) is 1. The van der Waals surface area contributed by atoms with E-state index in [4.69, 9.17) is 5.73 Å². The highest BCUT2D eigenvalue weighted by atomic mass is 19.1. The number of amides is 3. The van der Waals surface area contributed by atoms with Crippen LogP contribution in [0.2, 0.25) is 0 Å². The molecule has 2 aromatic rings. The summed E-state index contributed by atoms with van der Waals surface area (Å²) in [6.07, 6.45) is 4.45. The van der Waals surface area contributed by atoms with Crippen LogP contribution in [-0.2, 0) is 6.54 Å². The molecule has 0 bridgehead atoms. The molecular formula is C19H22FN5O2. The summed E-state index contributed by atoms with van der Waals surface area (Å²) in [6, 6.07) is 7.45. The molecule has 3 N–H and O–H groups in total. The van der Waals surface area contributed by atoms with Gasteiger partial charge in [0.25, 0.3) is 5.91 Å². The first kappa shape index (κ1) is 18.8. The molecular weight excluding hydrogens is 349 g/mol. The predicted octanol–water partition coefficient (Wildman–Crippen LogP) is 2.06. The third-order valence-electron chi connectivity index (χ3n) is 4.49. The quantitative estimate of drug-likeness (QED) is 0.861. The van der Waals surface area contributed by atoms with E-state index in [2.05, 4.69) is 15.2 Å². The number of urea groups is 1. The minimum atomic E-state index is -0.871. The lowest BCUT2D eigenvalue weighted by molar-refractivity contribution is 0.0996. The molecule has 142 valence electrons. The van der Waals surface area contributed by atoms with E-state index in [1.165, 1.54) is 12.1 Å². The zero-order valence-corrected chi connectivity index (χ0v) is 14.9. The second-order valence-corrected chi connectivity index (χ2v) is 6.47. The van der Waals surface area contributed by atoms with Crippen molar-refractivity contribution in [3.05, 3.63) is 59.7 Å². The molecule has 2 heterocycles. The Morgan fingerprint density at radius 2 is 2.04 bits per heavy atom. The number of carbonyl (C=O) groups is 2. The predicted molar refractivity (Wildman–Crippen MR) is 99.6 cm³/mol. The number of rotatable bonds is 4. The van der Waals surface area contributed by atoms with Gasteiger partial charge in [0.05, 0.1) is 5.56 Å². The summed E-state index contributed by atoms with van der Waals surface area (Å²) in [4.78, 5) is 31.9. The molecule has 1 aromatic heterocycles. The number of carbonyl (C=O) groups excluding carboxylic acids is 2. The fourth-order valence-electron chi connectivity index (χ4n) is 3.08. The van der Waals surface area contributed by atoms with Gasteiger partial charge >= 0.3 is 6.03 Å². The molecule has 0 radical (unpaired) electrons. The topological polar surface area (TPSA) is 91.6 Å². The molecule has 0 aliphatic carbocycles. The Kier molecular flexibility index (Phi) is 5.97. The third-order valence-corrected chi connectivity index (χ3v) is 4.49. The summed E-state index contributed by atoms with van der Waals surface area (Å²) in [5, 5.41) is 2.71. The Morgan fingerprint density at radius 3 is 2.78 bits per heavy atom. The number of anilines is 1. The largest absolute Gasteiger partial charge is 0.366 e. The van der Waals surface area contributed by atoms with Crippen LogP contribution in [-0.4, -0.2) is 52.9 Å². The van der Waals surface area contributed by atoms with E-state index in [0.717, 1.165) is 37.7 Å². The number of pyridine rings is 1. The number of hydrogen-bond donors (Lipinski definition) is 2. The lowest BCUT2D eigenvalue weighted by Crippen LogP contribution is -2.38. The summed E-state index contributed by atoms with van der Waals surface area (Å²) in [6.45, 7) is 3.64. The van der Waals surface area contributed by atoms with Crippen LogP contribution < -0.4 is 11.1 Å². The number of nitrogens with two attached hydrogens (primary N) is 1. The highest BCUT2D eigenvalue weighted by Gasteiger charge is 2.20. The normalized spacial score (nSPS) is 15.2. The Hall–Kier alpha value is -3.00.